The van der Waals surface area contributed by atoms with Crippen LogP contribution in [0.3, 0.4) is 0 Å². The van der Waals surface area contributed by atoms with E-state index in [0.29, 0.717) is 30.1 Å². The zero-order valence-electron chi connectivity index (χ0n) is 21.4. The van der Waals surface area contributed by atoms with Crippen molar-refractivity contribution in [2.45, 2.75) is 46.5 Å². The topological polar surface area (TPSA) is 90.9 Å². The summed E-state index contributed by atoms with van der Waals surface area (Å²) in [4.78, 5) is 32.7. The van der Waals surface area contributed by atoms with Gasteiger partial charge in [-0.25, -0.2) is 4.39 Å². The van der Waals surface area contributed by atoms with Gasteiger partial charge in [0, 0.05) is 36.1 Å². The van der Waals surface area contributed by atoms with Crippen molar-refractivity contribution in [2.75, 3.05) is 38.3 Å². The molecule has 2 amide bonds. The number of morpholine rings is 1. The summed E-state index contributed by atoms with van der Waals surface area (Å²) in [5.41, 5.74) is 5.51. The smallest absolute Gasteiger partial charge is 0.249 e. The molecule has 3 atom stereocenters. The van der Waals surface area contributed by atoms with Crippen LogP contribution in [-0.2, 0) is 27.2 Å². The first kappa shape index (κ1) is 24.6. The Morgan fingerprint density at radius 1 is 1.33 bits per heavy atom. The van der Waals surface area contributed by atoms with Gasteiger partial charge in [0.2, 0.25) is 11.8 Å². The van der Waals surface area contributed by atoms with E-state index in [0.717, 1.165) is 54.8 Å². The van der Waals surface area contributed by atoms with Crippen molar-refractivity contribution in [2.24, 2.45) is 22.7 Å². The fourth-order valence-electron chi connectivity index (χ4n) is 5.51. The number of nitrogens with one attached hydrogen (secondary N) is 1. The highest BCUT2D eigenvalue weighted by atomic mass is 19.1. The number of aromatic nitrogens is 2. The fraction of sp³-hybridized carbons (Fsp3) is 0.556. The standard InChI is InChI=1S/C27H34FN5O3/c1-5-6-22(27-20-11-18-15(2)19(18)12-24(20)30-31-27)29-23-10-17(9-21(28)16(23)3)32(4)25(34)13-33-7-8-36-14-26(33)35/h9-10,15,18-19H,5-8,11-14H2,1-4H3,(H,30,31). The molecule has 3 unspecified atom stereocenters. The van der Waals surface area contributed by atoms with Crippen molar-refractivity contribution in [3.63, 3.8) is 0 Å². The molecule has 0 spiro atoms. The molecule has 2 aliphatic carbocycles. The van der Waals surface area contributed by atoms with Crippen molar-refractivity contribution in [3.8, 4) is 0 Å². The molecule has 2 heterocycles. The first-order chi connectivity index (χ1) is 17.3. The highest BCUT2D eigenvalue weighted by Crippen LogP contribution is 2.53. The number of carbonyl (C=O) groups excluding carboxylic acids is 2. The summed E-state index contributed by atoms with van der Waals surface area (Å²) in [6, 6.07) is 3.09. The molecule has 1 aromatic carbocycles. The average molecular weight is 496 g/mol. The maximum atomic E-state index is 15.0. The summed E-state index contributed by atoms with van der Waals surface area (Å²) in [6.07, 6.45) is 3.66. The number of rotatable bonds is 7. The number of aromatic amines is 1. The van der Waals surface area contributed by atoms with Crippen LogP contribution in [0.5, 0.6) is 0 Å². The highest BCUT2D eigenvalue weighted by Gasteiger charge is 2.50. The van der Waals surface area contributed by atoms with E-state index >= 15 is 4.39 Å². The number of carbonyl (C=O) groups is 2. The quantitative estimate of drug-likeness (QED) is 0.595. The van der Waals surface area contributed by atoms with Gasteiger partial charge in [0.15, 0.2) is 0 Å². The summed E-state index contributed by atoms with van der Waals surface area (Å²) in [5.74, 6) is 1.28. The van der Waals surface area contributed by atoms with Crippen molar-refractivity contribution in [1.29, 1.82) is 0 Å². The van der Waals surface area contributed by atoms with Crippen molar-refractivity contribution >= 4 is 28.9 Å². The van der Waals surface area contributed by atoms with Crippen LogP contribution in [0, 0.1) is 30.5 Å². The second kappa shape index (κ2) is 9.76. The number of ether oxygens (including phenoxy) is 1. The van der Waals surface area contributed by atoms with Crippen LogP contribution >= 0.6 is 0 Å². The number of fused-ring (bicyclic) bond motifs is 2. The summed E-state index contributed by atoms with van der Waals surface area (Å²) in [5, 5.41) is 7.88. The molecule has 0 radical (unpaired) electrons. The molecule has 5 rings (SSSR count). The lowest BCUT2D eigenvalue weighted by Gasteiger charge is -2.28. The van der Waals surface area contributed by atoms with E-state index in [1.165, 1.54) is 27.1 Å². The number of likely N-dealkylation sites (N-methyl/N-ethyl adjacent to an activating group) is 1. The van der Waals surface area contributed by atoms with Gasteiger partial charge in [-0.05, 0) is 56.1 Å². The zero-order valence-corrected chi connectivity index (χ0v) is 21.4. The van der Waals surface area contributed by atoms with E-state index in [4.69, 9.17) is 9.73 Å². The Balaban J connectivity index is 1.43. The number of hydrogen-bond acceptors (Lipinski definition) is 5. The van der Waals surface area contributed by atoms with Gasteiger partial charge in [0.05, 0.1) is 18.0 Å². The van der Waals surface area contributed by atoms with Gasteiger partial charge < -0.3 is 14.5 Å². The highest BCUT2D eigenvalue weighted by molar-refractivity contribution is 6.02. The fourth-order valence-corrected chi connectivity index (χ4v) is 5.51. The predicted molar refractivity (Wildman–Crippen MR) is 135 cm³/mol. The van der Waals surface area contributed by atoms with Gasteiger partial charge in [-0.2, -0.15) is 5.10 Å². The van der Waals surface area contributed by atoms with Gasteiger partial charge in [-0.1, -0.05) is 20.3 Å². The molecule has 1 saturated heterocycles. The predicted octanol–water partition coefficient (Wildman–Crippen LogP) is 3.58. The van der Waals surface area contributed by atoms with Crippen LogP contribution in [0.15, 0.2) is 17.1 Å². The maximum absolute atomic E-state index is 15.0. The molecule has 0 bridgehead atoms. The summed E-state index contributed by atoms with van der Waals surface area (Å²) in [7, 11) is 1.59. The molecule has 36 heavy (non-hydrogen) atoms. The Labute approximate surface area is 210 Å². The minimum atomic E-state index is -0.428. The number of halogens is 1. The van der Waals surface area contributed by atoms with E-state index in [9.17, 15) is 9.59 Å². The number of H-pyrrole nitrogens is 1. The molecule has 1 aliphatic heterocycles. The SMILES string of the molecule is CCCC(=Nc1cc(N(C)C(=O)CN2CCOCC2=O)cc(F)c1C)c1n[nH]c2c1CC1C(C)C1C2. The van der Waals surface area contributed by atoms with Gasteiger partial charge in [0.25, 0.3) is 0 Å². The minimum Gasteiger partial charge on any atom is -0.370 e. The number of amides is 2. The molecule has 1 saturated carbocycles. The van der Waals surface area contributed by atoms with Crippen LogP contribution in [-0.4, -0.2) is 66.0 Å². The number of anilines is 1. The van der Waals surface area contributed by atoms with E-state index in [2.05, 4.69) is 24.0 Å². The number of benzene rings is 1. The normalized spacial score (nSPS) is 23.4. The van der Waals surface area contributed by atoms with Crippen LogP contribution in [0.2, 0.25) is 0 Å². The Morgan fingerprint density at radius 3 is 2.86 bits per heavy atom. The van der Waals surface area contributed by atoms with Gasteiger partial charge in [-0.3, -0.25) is 19.7 Å². The van der Waals surface area contributed by atoms with Gasteiger partial charge in [-0.15, -0.1) is 0 Å². The van der Waals surface area contributed by atoms with E-state index in [-0.39, 0.29) is 25.0 Å². The van der Waals surface area contributed by atoms with Crippen LogP contribution in [0.25, 0.3) is 0 Å². The van der Waals surface area contributed by atoms with Gasteiger partial charge in [0.1, 0.15) is 24.7 Å². The number of hydrogen-bond donors (Lipinski definition) is 1. The monoisotopic (exact) mass is 495 g/mol. The minimum absolute atomic E-state index is 0.0214. The van der Waals surface area contributed by atoms with Gasteiger partial charge >= 0.3 is 0 Å². The molecule has 8 nitrogen and oxygen atoms in total. The lowest BCUT2D eigenvalue weighted by Crippen LogP contribution is -2.47. The second-order valence-electron chi connectivity index (χ2n) is 10.3. The van der Waals surface area contributed by atoms with E-state index in [1.54, 1.807) is 20.0 Å². The number of nitrogens with zero attached hydrogens (tertiary/aromatic N) is 4. The molecule has 1 N–H and O–H groups in total. The van der Waals surface area contributed by atoms with Crippen molar-refractivity contribution in [1.82, 2.24) is 15.1 Å². The van der Waals surface area contributed by atoms with Crippen molar-refractivity contribution < 1.29 is 18.7 Å². The maximum Gasteiger partial charge on any atom is 0.249 e. The molecule has 192 valence electrons. The third-order valence-corrected chi connectivity index (χ3v) is 8.08. The average Bonchev–Trinajstić information content (AvgIpc) is 3.29. The van der Waals surface area contributed by atoms with Crippen molar-refractivity contribution in [3.05, 3.63) is 40.5 Å². The Morgan fingerprint density at radius 2 is 2.11 bits per heavy atom. The molecule has 2 fully saturated rings. The van der Waals surface area contributed by atoms with Crippen LogP contribution in [0.4, 0.5) is 15.8 Å². The molecular weight excluding hydrogens is 461 g/mol. The largest absolute Gasteiger partial charge is 0.370 e. The Kier molecular flexibility index (Phi) is 6.68. The second-order valence-corrected chi connectivity index (χ2v) is 10.3. The number of aliphatic imine (C=N–C) groups is 1. The lowest BCUT2D eigenvalue weighted by molar-refractivity contribution is -0.145. The third kappa shape index (κ3) is 4.56. The molecule has 1 aromatic heterocycles. The molecule has 9 heteroatoms. The first-order valence-electron chi connectivity index (χ1n) is 12.8. The van der Waals surface area contributed by atoms with E-state index < -0.39 is 5.82 Å². The summed E-state index contributed by atoms with van der Waals surface area (Å²) >= 11 is 0. The molecular formula is C27H34FN5O3. The lowest BCUT2D eigenvalue weighted by atomic mass is 9.93. The van der Waals surface area contributed by atoms with Crippen LogP contribution in [0.1, 0.15) is 49.2 Å². The zero-order chi connectivity index (χ0) is 25.6. The summed E-state index contributed by atoms with van der Waals surface area (Å²) in [6.45, 7) is 6.78. The molecule has 3 aliphatic rings. The molecule has 2 aromatic rings. The first-order valence-corrected chi connectivity index (χ1v) is 12.8. The Bertz CT molecular complexity index is 1220. The Hall–Kier alpha value is -3.07. The summed E-state index contributed by atoms with van der Waals surface area (Å²) < 4.78 is 20.2. The third-order valence-electron chi connectivity index (χ3n) is 8.08. The van der Waals surface area contributed by atoms with Crippen LogP contribution < -0.4 is 4.90 Å². The van der Waals surface area contributed by atoms with E-state index in [1.807, 2.05) is 0 Å².